The number of piperidine rings is 1. The van der Waals surface area contributed by atoms with Gasteiger partial charge in [0, 0.05) is 12.0 Å². The van der Waals surface area contributed by atoms with Crippen molar-refractivity contribution in [1.82, 2.24) is 20.3 Å². The lowest BCUT2D eigenvalue weighted by Gasteiger charge is -2.35. The van der Waals surface area contributed by atoms with Crippen molar-refractivity contribution in [2.75, 3.05) is 13.1 Å². The minimum absolute atomic E-state index is 0.166. The van der Waals surface area contributed by atoms with Crippen LogP contribution in [0.2, 0.25) is 0 Å². The minimum Gasteiger partial charge on any atom is -0.316 e. The molecule has 1 aliphatic heterocycles. The highest BCUT2D eigenvalue weighted by Gasteiger charge is 2.39. The van der Waals surface area contributed by atoms with Crippen LogP contribution < -0.4 is 5.32 Å². The lowest BCUT2D eigenvalue weighted by molar-refractivity contribution is 0.0696. The molecule has 5 nitrogen and oxygen atoms in total. The van der Waals surface area contributed by atoms with E-state index in [9.17, 15) is 4.79 Å². The van der Waals surface area contributed by atoms with E-state index in [1.54, 1.807) is 10.9 Å². The molecule has 0 saturated carbocycles. The Kier molecular flexibility index (Phi) is 4.34. The molecule has 2 rings (SSSR count). The molecule has 0 aromatic carbocycles. The van der Waals surface area contributed by atoms with Crippen LogP contribution in [0.15, 0.2) is 6.20 Å². The molecular formula is C14H24N4O. The summed E-state index contributed by atoms with van der Waals surface area (Å²) in [7, 11) is 0. The first-order valence-electron chi connectivity index (χ1n) is 7.21. The van der Waals surface area contributed by atoms with Gasteiger partial charge < -0.3 is 5.32 Å². The molecule has 5 heteroatoms. The van der Waals surface area contributed by atoms with Crippen molar-refractivity contribution in [1.29, 1.82) is 0 Å². The number of hydrogen-bond acceptors (Lipinski definition) is 4. The summed E-state index contributed by atoms with van der Waals surface area (Å²) in [5.74, 6) is 0.554. The van der Waals surface area contributed by atoms with E-state index in [0.29, 0.717) is 11.6 Å². The number of nitrogens with zero attached hydrogens (tertiary/aromatic N) is 3. The Morgan fingerprint density at radius 2 is 2.37 bits per heavy atom. The highest BCUT2D eigenvalue weighted by Crippen LogP contribution is 2.34. The van der Waals surface area contributed by atoms with Crippen molar-refractivity contribution >= 4 is 5.78 Å². The third kappa shape index (κ3) is 2.86. The number of ketones is 1. The number of aromatic nitrogens is 3. The summed E-state index contributed by atoms with van der Waals surface area (Å²) in [6.07, 6.45) is 4.82. The van der Waals surface area contributed by atoms with Crippen molar-refractivity contribution in [3.63, 3.8) is 0 Å². The van der Waals surface area contributed by atoms with Gasteiger partial charge in [0.1, 0.15) is 5.69 Å². The molecule has 106 valence electrons. The van der Waals surface area contributed by atoms with Crippen molar-refractivity contribution in [2.24, 2.45) is 11.3 Å². The van der Waals surface area contributed by atoms with E-state index in [0.717, 1.165) is 38.9 Å². The zero-order valence-corrected chi connectivity index (χ0v) is 12.1. The molecule has 0 aliphatic carbocycles. The first kappa shape index (κ1) is 14.2. The molecule has 1 saturated heterocycles. The third-order valence-corrected chi connectivity index (χ3v) is 4.19. The summed E-state index contributed by atoms with van der Waals surface area (Å²) < 4.78 is 1.74. The van der Waals surface area contributed by atoms with Crippen LogP contribution >= 0.6 is 0 Å². The highest BCUT2D eigenvalue weighted by atomic mass is 16.1. The van der Waals surface area contributed by atoms with Gasteiger partial charge in [-0.05, 0) is 38.3 Å². The molecular weight excluding hydrogens is 240 g/mol. The average Bonchev–Trinajstić information content (AvgIpc) is 2.87. The third-order valence-electron chi connectivity index (χ3n) is 4.19. The average molecular weight is 264 g/mol. The van der Waals surface area contributed by atoms with Crippen LogP contribution in [0.3, 0.4) is 0 Å². The normalized spacial score (nSPS) is 20.5. The molecule has 1 aromatic rings. The lowest BCUT2D eigenvalue weighted by Crippen LogP contribution is -2.43. The van der Waals surface area contributed by atoms with Gasteiger partial charge in [0.05, 0.1) is 6.20 Å². The van der Waals surface area contributed by atoms with E-state index in [-0.39, 0.29) is 11.2 Å². The van der Waals surface area contributed by atoms with Crippen LogP contribution in [0, 0.1) is 11.3 Å². The van der Waals surface area contributed by atoms with Gasteiger partial charge in [-0.25, -0.2) is 4.68 Å². The zero-order chi connectivity index (χ0) is 13.9. The Morgan fingerprint density at radius 3 is 3.00 bits per heavy atom. The smallest absolute Gasteiger partial charge is 0.188 e. The lowest BCUT2D eigenvalue weighted by atomic mass is 9.71. The van der Waals surface area contributed by atoms with E-state index < -0.39 is 0 Å². The molecule has 0 radical (unpaired) electrons. The summed E-state index contributed by atoms with van der Waals surface area (Å²) in [4.78, 5) is 12.8. The van der Waals surface area contributed by atoms with E-state index in [1.165, 1.54) is 0 Å². The first-order valence-corrected chi connectivity index (χ1v) is 7.21. The van der Waals surface area contributed by atoms with Gasteiger partial charge in [-0.1, -0.05) is 26.0 Å². The van der Waals surface area contributed by atoms with Crippen molar-refractivity contribution in [3.8, 4) is 0 Å². The largest absolute Gasteiger partial charge is 0.316 e. The van der Waals surface area contributed by atoms with Crippen LogP contribution in [0.1, 0.15) is 50.5 Å². The second-order valence-electron chi connectivity index (χ2n) is 5.94. The standard InChI is InChI=1S/C14H24N4O/c1-4-8-18-12(10-16-17-18)13(19)14(2,3)11-6-5-7-15-9-11/h10-11,15H,4-9H2,1-3H3. The van der Waals surface area contributed by atoms with Gasteiger partial charge >= 0.3 is 0 Å². The summed E-state index contributed by atoms with van der Waals surface area (Å²) in [6.45, 7) is 8.92. The van der Waals surface area contributed by atoms with Gasteiger partial charge in [0.25, 0.3) is 0 Å². The van der Waals surface area contributed by atoms with Gasteiger partial charge in [0.2, 0.25) is 0 Å². The van der Waals surface area contributed by atoms with E-state index >= 15 is 0 Å². The highest BCUT2D eigenvalue weighted by molar-refractivity contribution is 5.98. The maximum Gasteiger partial charge on any atom is 0.188 e. The molecule has 1 aliphatic rings. The predicted molar refractivity (Wildman–Crippen MR) is 74.0 cm³/mol. The Labute approximate surface area is 114 Å². The zero-order valence-electron chi connectivity index (χ0n) is 12.1. The first-order chi connectivity index (χ1) is 9.07. The van der Waals surface area contributed by atoms with Crippen LogP contribution in [0.4, 0.5) is 0 Å². The Balaban J connectivity index is 2.18. The molecule has 1 N–H and O–H groups in total. The van der Waals surface area contributed by atoms with Crippen molar-refractivity contribution in [2.45, 2.75) is 46.6 Å². The van der Waals surface area contributed by atoms with Gasteiger partial charge in [-0.2, -0.15) is 0 Å². The Bertz CT molecular complexity index is 432. The predicted octanol–water partition coefficient (Wildman–Crippen LogP) is 1.90. The molecule has 0 bridgehead atoms. The SMILES string of the molecule is CCCn1nncc1C(=O)C(C)(C)C1CCCNC1. The maximum atomic E-state index is 12.8. The second-order valence-corrected chi connectivity index (χ2v) is 5.94. The molecule has 1 atom stereocenters. The number of carbonyl (C=O) groups is 1. The van der Waals surface area contributed by atoms with Crippen LogP contribution in [-0.4, -0.2) is 33.9 Å². The van der Waals surface area contributed by atoms with Gasteiger partial charge in [-0.15, -0.1) is 5.10 Å². The number of rotatable bonds is 5. The molecule has 19 heavy (non-hydrogen) atoms. The summed E-state index contributed by atoms with van der Waals surface area (Å²) in [5.41, 5.74) is 0.290. The monoisotopic (exact) mass is 264 g/mol. The second kappa shape index (κ2) is 5.82. The number of nitrogens with one attached hydrogen (secondary N) is 1. The van der Waals surface area contributed by atoms with Crippen LogP contribution in [-0.2, 0) is 6.54 Å². The topological polar surface area (TPSA) is 59.8 Å². The maximum absolute atomic E-state index is 12.8. The fraction of sp³-hybridized carbons (Fsp3) is 0.786. The van der Waals surface area contributed by atoms with Crippen LogP contribution in [0.25, 0.3) is 0 Å². The number of aryl methyl sites for hydroxylation is 1. The van der Waals surface area contributed by atoms with Crippen LogP contribution in [0.5, 0.6) is 0 Å². The molecule has 0 spiro atoms. The minimum atomic E-state index is -0.360. The van der Waals surface area contributed by atoms with Crippen molar-refractivity contribution < 1.29 is 4.79 Å². The Hall–Kier alpha value is -1.23. The summed E-state index contributed by atoms with van der Waals surface area (Å²) >= 11 is 0. The fourth-order valence-electron chi connectivity index (χ4n) is 2.79. The van der Waals surface area contributed by atoms with Crippen molar-refractivity contribution in [3.05, 3.63) is 11.9 Å². The summed E-state index contributed by atoms with van der Waals surface area (Å²) in [6, 6.07) is 0. The van der Waals surface area contributed by atoms with Gasteiger partial charge in [0.15, 0.2) is 5.78 Å². The van der Waals surface area contributed by atoms with E-state index in [4.69, 9.17) is 0 Å². The van der Waals surface area contributed by atoms with E-state index in [2.05, 4.69) is 36.4 Å². The number of carbonyl (C=O) groups excluding carboxylic acids is 1. The number of hydrogen-bond donors (Lipinski definition) is 1. The fourth-order valence-corrected chi connectivity index (χ4v) is 2.79. The number of Topliss-reactive ketones (excluding diaryl/α,β-unsaturated/α-hetero) is 1. The molecule has 1 unspecified atom stereocenters. The molecule has 1 fully saturated rings. The Morgan fingerprint density at radius 1 is 1.58 bits per heavy atom. The molecule has 0 amide bonds. The van der Waals surface area contributed by atoms with E-state index in [1.807, 2.05) is 0 Å². The summed E-state index contributed by atoms with van der Waals surface area (Å²) in [5, 5.41) is 11.3. The molecule has 1 aromatic heterocycles. The van der Waals surface area contributed by atoms with Gasteiger partial charge in [-0.3, -0.25) is 4.79 Å². The quantitative estimate of drug-likeness (QED) is 0.825. The molecule has 2 heterocycles.